The van der Waals surface area contributed by atoms with Crippen LogP contribution in [0, 0.1) is 0 Å². The van der Waals surface area contributed by atoms with E-state index in [1.165, 1.54) is 11.8 Å². The molecule has 0 aliphatic heterocycles. The van der Waals surface area contributed by atoms with E-state index in [0.29, 0.717) is 16.8 Å². The van der Waals surface area contributed by atoms with Crippen molar-refractivity contribution in [3.63, 3.8) is 0 Å². The number of para-hydroxylation sites is 1. The lowest BCUT2D eigenvalue weighted by Gasteiger charge is -2.02. The van der Waals surface area contributed by atoms with Gasteiger partial charge in [-0.3, -0.25) is 0 Å². The van der Waals surface area contributed by atoms with E-state index in [1.807, 2.05) is 30.3 Å². The topological polar surface area (TPSA) is 82.5 Å². The molecule has 3 rings (SSSR count). The second-order valence-corrected chi connectivity index (χ2v) is 5.29. The third-order valence-corrected chi connectivity index (χ3v) is 3.65. The summed E-state index contributed by atoms with van der Waals surface area (Å²) in [6, 6.07) is 9.74. The summed E-state index contributed by atoms with van der Waals surface area (Å²) in [5, 5.41) is 16.4. The number of benzene rings is 1. The van der Waals surface area contributed by atoms with Crippen molar-refractivity contribution in [2.24, 2.45) is 0 Å². The summed E-state index contributed by atoms with van der Waals surface area (Å²) in [5.74, 6) is 1.88. The van der Waals surface area contributed by atoms with E-state index in [0.717, 1.165) is 24.4 Å². The highest BCUT2D eigenvalue weighted by Gasteiger charge is 2.12. The Labute approximate surface area is 125 Å². The third-order valence-electron chi connectivity index (χ3n) is 2.75. The Morgan fingerprint density at radius 3 is 2.90 bits per heavy atom. The molecule has 3 aromatic rings. The van der Waals surface area contributed by atoms with Crippen molar-refractivity contribution in [3.05, 3.63) is 42.0 Å². The van der Waals surface area contributed by atoms with Gasteiger partial charge in [-0.05, 0) is 29.0 Å². The average Bonchev–Trinajstić information content (AvgIpc) is 3.15. The molecule has 2 aromatic heterocycles. The minimum Gasteiger partial charge on any atom is -0.338 e. The first-order valence-electron chi connectivity index (χ1n) is 6.65. The van der Waals surface area contributed by atoms with Crippen LogP contribution in [-0.2, 0) is 12.2 Å². The number of thioether (sulfide) groups is 1. The van der Waals surface area contributed by atoms with Crippen molar-refractivity contribution in [2.45, 2.75) is 30.7 Å². The standard InChI is InChI=1S/C13H14N6OS/c1-2-6-11-14-12(20-16-11)9-21-13-15-17-18-19(13)10-7-4-3-5-8-10/h3-5,7-8H,2,6,9H2,1H3. The zero-order chi connectivity index (χ0) is 14.5. The fourth-order valence-corrected chi connectivity index (χ4v) is 2.53. The number of tetrazole rings is 1. The number of nitrogens with zero attached hydrogens (tertiary/aromatic N) is 6. The molecule has 0 aliphatic rings. The highest BCUT2D eigenvalue weighted by Crippen LogP contribution is 2.21. The van der Waals surface area contributed by atoms with Crippen molar-refractivity contribution in [2.75, 3.05) is 0 Å². The number of aryl methyl sites for hydroxylation is 1. The molecule has 0 atom stereocenters. The van der Waals surface area contributed by atoms with E-state index in [9.17, 15) is 0 Å². The predicted molar refractivity (Wildman–Crippen MR) is 77.0 cm³/mol. The first-order chi connectivity index (χ1) is 10.4. The molecular weight excluding hydrogens is 288 g/mol. The average molecular weight is 302 g/mol. The maximum atomic E-state index is 5.20. The van der Waals surface area contributed by atoms with E-state index in [-0.39, 0.29) is 0 Å². The van der Waals surface area contributed by atoms with Crippen LogP contribution < -0.4 is 0 Å². The fraction of sp³-hybridized carbons (Fsp3) is 0.308. The normalized spacial score (nSPS) is 10.9. The van der Waals surface area contributed by atoms with Crippen molar-refractivity contribution in [3.8, 4) is 5.69 Å². The summed E-state index contributed by atoms with van der Waals surface area (Å²) in [4.78, 5) is 4.33. The molecule has 0 fully saturated rings. The van der Waals surface area contributed by atoms with Crippen molar-refractivity contribution in [1.29, 1.82) is 0 Å². The summed E-state index contributed by atoms with van der Waals surface area (Å²) >= 11 is 1.46. The molecule has 0 amide bonds. The molecule has 108 valence electrons. The van der Waals surface area contributed by atoms with E-state index >= 15 is 0 Å². The molecule has 0 bridgehead atoms. The Morgan fingerprint density at radius 2 is 2.10 bits per heavy atom. The molecule has 0 N–H and O–H groups in total. The first kappa shape index (κ1) is 13.7. The van der Waals surface area contributed by atoms with Gasteiger partial charge in [-0.1, -0.05) is 42.0 Å². The molecule has 0 radical (unpaired) electrons. The number of hydrogen-bond acceptors (Lipinski definition) is 7. The number of aromatic nitrogens is 6. The zero-order valence-electron chi connectivity index (χ0n) is 11.5. The monoisotopic (exact) mass is 302 g/mol. The Morgan fingerprint density at radius 1 is 1.24 bits per heavy atom. The van der Waals surface area contributed by atoms with Gasteiger partial charge in [0.15, 0.2) is 5.82 Å². The molecular formula is C13H14N6OS. The molecule has 0 spiro atoms. The Hall–Kier alpha value is -2.22. The van der Waals surface area contributed by atoms with Crippen LogP contribution in [0.5, 0.6) is 0 Å². The SMILES string of the molecule is CCCc1noc(CSc2nnnn2-c2ccccc2)n1. The fourth-order valence-electron chi connectivity index (χ4n) is 1.80. The quantitative estimate of drug-likeness (QED) is 0.646. The molecule has 2 heterocycles. The van der Waals surface area contributed by atoms with Gasteiger partial charge in [0.1, 0.15) is 0 Å². The molecule has 8 heteroatoms. The molecule has 0 saturated carbocycles. The van der Waals surface area contributed by atoms with Gasteiger partial charge in [-0.15, -0.1) is 5.10 Å². The molecule has 0 saturated heterocycles. The summed E-state index contributed by atoms with van der Waals surface area (Å²) in [6.07, 6.45) is 1.83. The van der Waals surface area contributed by atoms with Crippen LogP contribution in [0.25, 0.3) is 5.69 Å². The van der Waals surface area contributed by atoms with E-state index in [2.05, 4.69) is 32.6 Å². The van der Waals surface area contributed by atoms with Gasteiger partial charge >= 0.3 is 0 Å². The van der Waals surface area contributed by atoms with Gasteiger partial charge in [-0.25, -0.2) is 0 Å². The van der Waals surface area contributed by atoms with E-state index in [1.54, 1.807) is 4.68 Å². The lowest BCUT2D eigenvalue weighted by Crippen LogP contribution is -1.98. The summed E-state index contributed by atoms with van der Waals surface area (Å²) in [7, 11) is 0. The number of hydrogen-bond donors (Lipinski definition) is 0. The maximum Gasteiger partial charge on any atom is 0.237 e. The smallest absolute Gasteiger partial charge is 0.237 e. The van der Waals surface area contributed by atoms with Crippen LogP contribution in [0.4, 0.5) is 0 Å². The predicted octanol–water partition coefficient (Wildman–Crippen LogP) is 2.29. The minimum atomic E-state index is 0.546. The molecule has 1 aromatic carbocycles. The van der Waals surface area contributed by atoms with Gasteiger partial charge in [0.2, 0.25) is 11.0 Å². The molecule has 21 heavy (non-hydrogen) atoms. The van der Waals surface area contributed by atoms with Crippen LogP contribution >= 0.6 is 11.8 Å². The Balaban J connectivity index is 1.70. The van der Waals surface area contributed by atoms with Crippen LogP contribution in [0.3, 0.4) is 0 Å². The maximum absolute atomic E-state index is 5.20. The van der Waals surface area contributed by atoms with E-state index < -0.39 is 0 Å². The van der Waals surface area contributed by atoms with Crippen molar-refractivity contribution >= 4 is 11.8 Å². The lowest BCUT2D eigenvalue weighted by atomic mass is 10.3. The van der Waals surface area contributed by atoms with Gasteiger partial charge in [0.25, 0.3) is 0 Å². The van der Waals surface area contributed by atoms with Crippen LogP contribution in [0.1, 0.15) is 25.1 Å². The van der Waals surface area contributed by atoms with Gasteiger partial charge in [-0.2, -0.15) is 9.67 Å². The highest BCUT2D eigenvalue weighted by molar-refractivity contribution is 7.98. The second-order valence-electron chi connectivity index (χ2n) is 4.35. The van der Waals surface area contributed by atoms with Crippen LogP contribution in [-0.4, -0.2) is 30.3 Å². The molecule has 7 nitrogen and oxygen atoms in total. The molecule has 0 aliphatic carbocycles. The summed E-state index contributed by atoms with van der Waals surface area (Å²) < 4.78 is 6.89. The number of rotatable bonds is 6. The summed E-state index contributed by atoms with van der Waals surface area (Å²) in [5.41, 5.74) is 0.919. The minimum absolute atomic E-state index is 0.546. The Bertz CT molecular complexity index is 696. The van der Waals surface area contributed by atoms with E-state index in [4.69, 9.17) is 4.52 Å². The van der Waals surface area contributed by atoms with Crippen molar-refractivity contribution < 1.29 is 4.52 Å². The van der Waals surface area contributed by atoms with Crippen molar-refractivity contribution in [1.82, 2.24) is 30.3 Å². The lowest BCUT2D eigenvalue weighted by molar-refractivity contribution is 0.384. The van der Waals surface area contributed by atoms with Crippen LogP contribution in [0.15, 0.2) is 40.0 Å². The van der Waals surface area contributed by atoms with Gasteiger partial charge in [0.05, 0.1) is 11.4 Å². The second kappa shape index (κ2) is 6.49. The van der Waals surface area contributed by atoms with Crippen LogP contribution in [0.2, 0.25) is 0 Å². The largest absolute Gasteiger partial charge is 0.338 e. The first-order valence-corrected chi connectivity index (χ1v) is 7.63. The summed E-state index contributed by atoms with van der Waals surface area (Å²) in [6.45, 7) is 2.08. The third kappa shape index (κ3) is 3.27. The van der Waals surface area contributed by atoms with Gasteiger partial charge < -0.3 is 4.52 Å². The Kier molecular flexibility index (Phi) is 4.25. The molecule has 0 unspecified atom stereocenters. The zero-order valence-corrected chi connectivity index (χ0v) is 12.3. The van der Waals surface area contributed by atoms with Gasteiger partial charge in [0, 0.05) is 6.42 Å². The highest BCUT2D eigenvalue weighted by atomic mass is 32.2.